The number of allylic oxidation sites excluding steroid dienone is 4. The lowest BCUT2D eigenvalue weighted by molar-refractivity contribution is 0.403. The Bertz CT molecular complexity index is 261. The van der Waals surface area contributed by atoms with Crippen molar-refractivity contribution in [1.82, 2.24) is 0 Å². The van der Waals surface area contributed by atoms with Gasteiger partial charge in [-0.3, -0.25) is 0 Å². The van der Waals surface area contributed by atoms with Crippen LogP contribution in [0.25, 0.3) is 0 Å². The summed E-state index contributed by atoms with van der Waals surface area (Å²) in [5, 5.41) is 0. The minimum Gasteiger partial charge on any atom is -0.408 e. The Morgan fingerprint density at radius 3 is 2.46 bits per heavy atom. The van der Waals surface area contributed by atoms with Crippen molar-refractivity contribution >= 4 is 0 Å². The maximum atomic E-state index is 5.02. The molecule has 0 atom stereocenters. The summed E-state index contributed by atoms with van der Waals surface area (Å²) in [5.74, 6) is 1.07. The van der Waals surface area contributed by atoms with Gasteiger partial charge in [0.1, 0.15) is 11.9 Å². The van der Waals surface area contributed by atoms with E-state index in [0.29, 0.717) is 11.7 Å². The van der Waals surface area contributed by atoms with Crippen LogP contribution in [0.5, 0.6) is 0 Å². The molecular weight excluding hydrogens is 160 g/mol. The van der Waals surface area contributed by atoms with Crippen LogP contribution in [0.3, 0.4) is 0 Å². The first-order valence-corrected chi connectivity index (χ1v) is 4.28. The van der Waals surface area contributed by atoms with E-state index in [-0.39, 0.29) is 0 Å². The zero-order valence-electron chi connectivity index (χ0n) is 8.50. The molecule has 0 radical (unpaired) electrons. The topological polar surface area (TPSA) is 9.23 Å². The summed E-state index contributed by atoms with van der Waals surface area (Å²) in [4.78, 5) is 0. The van der Waals surface area contributed by atoms with Crippen LogP contribution in [0.15, 0.2) is 36.1 Å². The highest BCUT2D eigenvalue weighted by Crippen LogP contribution is 2.14. The zero-order chi connectivity index (χ0) is 10.3. The van der Waals surface area contributed by atoms with Crippen LogP contribution < -0.4 is 0 Å². The SMILES string of the molecule is C#CO/C(C=C)=C/C(=C\C)C(C)C. The minimum absolute atomic E-state index is 0.460. The third-order valence-corrected chi connectivity index (χ3v) is 1.69. The molecule has 0 fully saturated rings. The van der Waals surface area contributed by atoms with Crippen molar-refractivity contribution in [2.24, 2.45) is 5.92 Å². The van der Waals surface area contributed by atoms with E-state index in [1.807, 2.05) is 19.1 Å². The largest absolute Gasteiger partial charge is 0.408 e. The predicted molar refractivity (Wildman–Crippen MR) is 56.8 cm³/mol. The normalized spacial score (nSPS) is 12.5. The summed E-state index contributed by atoms with van der Waals surface area (Å²) >= 11 is 0. The van der Waals surface area contributed by atoms with Crippen molar-refractivity contribution in [3.8, 4) is 12.5 Å². The first-order chi connectivity index (χ1) is 6.15. The molecule has 0 amide bonds. The second-order valence-corrected chi connectivity index (χ2v) is 2.91. The molecule has 0 aliphatic carbocycles. The van der Waals surface area contributed by atoms with E-state index in [4.69, 9.17) is 11.2 Å². The number of ether oxygens (including phenoxy) is 1. The van der Waals surface area contributed by atoms with Gasteiger partial charge in [0.05, 0.1) is 0 Å². The third-order valence-electron chi connectivity index (χ3n) is 1.69. The maximum Gasteiger partial charge on any atom is 0.139 e. The summed E-state index contributed by atoms with van der Waals surface area (Å²) in [5.41, 5.74) is 1.19. The Morgan fingerprint density at radius 1 is 1.54 bits per heavy atom. The zero-order valence-corrected chi connectivity index (χ0v) is 8.50. The first-order valence-electron chi connectivity index (χ1n) is 4.28. The highest BCUT2D eigenvalue weighted by Gasteiger charge is 2.00. The molecule has 13 heavy (non-hydrogen) atoms. The Hall–Kier alpha value is -1.42. The lowest BCUT2D eigenvalue weighted by atomic mass is 10.0. The average molecular weight is 176 g/mol. The van der Waals surface area contributed by atoms with Crippen molar-refractivity contribution in [2.45, 2.75) is 20.8 Å². The molecule has 0 saturated heterocycles. The molecule has 0 bridgehead atoms. The minimum atomic E-state index is 0.460. The van der Waals surface area contributed by atoms with Crippen molar-refractivity contribution in [1.29, 1.82) is 0 Å². The molecule has 0 heterocycles. The lowest BCUT2D eigenvalue weighted by Gasteiger charge is -2.06. The van der Waals surface area contributed by atoms with Crippen LogP contribution in [-0.4, -0.2) is 0 Å². The first kappa shape index (κ1) is 11.6. The van der Waals surface area contributed by atoms with Crippen LogP contribution in [-0.2, 0) is 4.74 Å². The molecular formula is C12H16O. The maximum absolute atomic E-state index is 5.02. The summed E-state index contributed by atoms with van der Waals surface area (Å²) in [6.45, 7) is 9.83. The van der Waals surface area contributed by atoms with Crippen molar-refractivity contribution in [3.63, 3.8) is 0 Å². The van der Waals surface area contributed by atoms with E-state index in [2.05, 4.69) is 26.5 Å². The van der Waals surface area contributed by atoms with Gasteiger partial charge in [0.2, 0.25) is 0 Å². The molecule has 0 unspecified atom stereocenters. The number of terminal acetylenes is 1. The third kappa shape index (κ3) is 4.22. The Balaban J connectivity index is 4.67. The van der Waals surface area contributed by atoms with Gasteiger partial charge < -0.3 is 4.74 Å². The van der Waals surface area contributed by atoms with Crippen LogP contribution in [0.1, 0.15) is 20.8 Å². The smallest absolute Gasteiger partial charge is 0.139 e. The monoisotopic (exact) mass is 176 g/mol. The van der Waals surface area contributed by atoms with Gasteiger partial charge in [-0.25, -0.2) is 0 Å². The number of hydrogen-bond acceptors (Lipinski definition) is 1. The molecule has 0 N–H and O–H groups in total. The molecule has 1 nitrogen and oxygen atoms in total. The van der Waals surface area contributed by atoms with Crippen molar-refractivity contribution < 1.29 is 4.74 Å². The number of hydrogen-bond donors (Lipinski definition) is 0. The second-order valence-electron chi connectivity index (χ2n) is 2.91. The molecule has 0 aromatic rings. The molecule has 0 saturated carbocycles. The van der Waals surface area contributed by atoms with Gasteiger partial charge in [0.25, 0.3) is 0 Å². The molecule has 0 aromatic heterocycles. The Labute approximate surface area is 80.8 Å². The second kappa shape index (κ2) is 6.14. The highest BCUT2D eigenvalue weighted by atomic mass is 16.5. The van der Waals surface area contributed by atoms with Gasteiger partial charge in [0, 0.05) is 0 Å². The van der Waals surface area contributed by atoms with Gasteiger partial charge in [-0.2, -0.15) is 0 Å². The van der Waals surface area contributed by atoms with Crippen LogP contribution in [0.2, 0.25) is 0 Å². The Kier molecular flexibility index (Phi) is 5.47. The molecule has 0 aromatic carbocycles. The van der Waals surface area contributed by atoms with Crippen LogP contribution in [0, 0.1) is 18.4 Å². The van der Waals surface area contributed by atoms with Gasteiger partial charge in [-0.05, 0) is 30.6 Å². The van der Waals surface area contributed by atoms with Crippen molar-refractivity contribution in [2.75, 3.05) is 0 Å². The fraction of sp³-hybridized carbons (Fsp3) is 0.333. The van der Waals surface area contributed by atoms with Crippen LogP contribution >= 0.6 is 0 Å². The quantitative estimate of drug-likeness (QED) is 0.363. The summed E-state index contributed by atoms with van der Waals surface area (Å²) in [6.07, 6.45) is 12.7. The van der Waals surface area contributed by atoms with E-state index >= 15 is 0 Å². The molecule has 0 aliphatic rings. The fourth-order valence-corrected chi connectivity index (χ4v) is 0.946. The standard InChI is InChI=1S/C12H16O/c1-6-11(10(4)5)9-12(7-2)13-8-3/h3,6-7,9-10H,2H2,1,4-5H3/b11-6+,12-9+. The van der Waals surface area contributed by atoms with Gasteiger partial charge >= 0.3 is 0 Å². The van der Waals surface area contributed by atoms with Gasteiger partial charge in [0.15, 0.2) is 0 Å². The summed E-state index contributed by atoms with van der Waals surface area (Å²) in [6, 6.07) is 0. The van der Waals surface area contributed by atoms with Gasteiger partial charge in [-0.1, -0.05) is 32.9 Å². The highest BCUT2D eigenvalue weighted by molar-refractivity contribution is 5.27. The summed E-state index contributed by atoms with van der Waals surface area (Å²) in [7, 11) is 0. The van der Waals surface area contributed by atoms with E-state index in [1.54, 1.807) is 6.08 Å². The fourth-order valence-electron chi connectivity index (χ4n) is 0.946. The molecule has 0 aliphatic heterocycles. The molecule has 0 spiro atoms. The predicted octanol–water partition coefficient (Wildman–Crippen LogP) is 3.27. The Morgan fingerprint density at radius 2 is 2.15 bits per heavy atom. The van der Waals surface area contributed by atoms with E-state index < -0.39 is 0 Å². The van der Waals surface area contributed by atoms with Crippen LogP contribution in [0.4, 0.5) is 0 Å². The lowest BCUT2D eigenvalue weighted by Crippen LogP contribution is -1.92. The van der Waals surface area contributed by atoms with E-state index in [9.17, 15) is 0 Å². The van der Waals surface area contributed by atoms with E-state index in [0.717, 1.165) is 0 Å². The molecule has 1 heteroatoms. The number of rotatable bonds is 4. The van der Waals surface area contributed by atoms with E-state index in [1.165, 1.54) is 5.57 Å². The summed E-state index contributed by atoms with van der Waals surface area (Å²) < 4.78 is 4.90. The van der Waals surface area contributed by atoms with Gasteiger partial charge in [-0.15, -0.1) is 0 Å². The van der Waals surface area contributed by atoms with Crippen molar-refractivity contribution in [3.05, 3.63) is 36.1 Å². The average Bonchev–Trinajstić information content (AvgIpc) is 2.11. The molecule has 0 rings (SSSR count). The molecule has 70 valence electrons.